The molecule has 0 bridgehead atoms. The van der Waals surface area contributed by atoms with Crippen LogP contribution in [0.4, 0.5) is 0 Å². The summed E-state index contributed by atoms with van der Waals surface area (Å²) in [6.45, 7) is 0.440. The molecule has 0 heterocycles. The maximum absolute atomic E-state index is 12.3. The van der Waals surface area contributed by atoms with Gasteiger partial charge in [0.1, 0.15) is 0 Å². The van der Waals surface area contributed by atoms with Crippen molar-refractivity contribution in [1.29, 1.82) is 0 Å². The molecule has 19 heavy (non-hydrogen) atoms. The van der Waals surface area contributed by atoms with Crippen LogP contribution in [-0.4, -0.2) is 30.2 Å². The van der Waals surface area contributed by atoms with Crippen LogP contribution in [0.2, 0.25) is 0 Å². The normalized spacial score (nSPS) is 24.1. The van der Waals surface area contributed by atoms with E-state index < -0.39 is 0 Å². The number of hydrogen-bond acceptors (Lipinski definition) is 3. The Kier molecular flexibility index (Phi) is 4.93. The Morgan fingerprint density at radius 3 is 2.74 bits per heavy atom. The first-order valence-corrected chi connectivity index (χ1v) is 6.92. The molecule has 1 aliphatic rings. The summed E-state index contributed by atoms with van der Waals surface area (Å²) < 4.78 is 0. The van der Waals surface area contributed by atoms with Crippen LogP contribution in [0.15, 0.2) is 30.3 Å². The summed E-state index contributed by atoms with van der Waals surface area (Å²) >= 11 is 0. The molecule has 104 valence electrons. The lowest BCUT2D eigenvalue weighted by molar-refractivity contribution is -0.123. The Bertz CT molecular complexity index is 408. The van der Waals surface area contributed by atoms with Crippen LogP contribution in [0.5, 0.6) is 0 Å². The van der Waals surface area contributed by atoms with Gasteiger partial charge in [-0.2, -0.15) is 0 Å². The highest BCUT2D eigenvalue weighted by molar-refractivity contribution is 5.84. The largest absolute Gasteiger partial charge is 0.396 e. The van der Waals surface area contributed by atoms with Gasteiger partial charge in [-0.3, -0.25) is 4.79 Å². The zero-order valence-corrected chi connectivity index (χ0v) is 11.1. The van der Waals surface area contributed by atoms with Crippen molar-refractivity contribution in [2.75, 3.05) is 13.2 Å². The predicted octanol–water partition coefficient (Wildman–Crippen LogP) is 1.01. The van der Waals surface area contributed by atoms with Gasteiger partial charge in [-0.1, -0.05) is 36.8 Å². The third kappa shape index (κ3) is 3.33. The summed E-state index contributed by atoms with van der Waals surface area (Å²) in [5, 5.41) is 12.3. The standard InChI is InChI=1S/C15H22N2O2/c16-9-13(11-5-2-1-3-6-11)15(19)17-14-8-4-7-12(14)10-18/h1-3,5-6,12-14,18H,4,7-10,16H2,(H,17,19). The molecule has 1 aromatic carbocycles. The molecule has 3 unspecified atom stereocenters. The van der Waals surface area contributed by atoms with E-state index in [2.05, 4.69) is 5.32 Å². The molecule has 0 radical (unpaired) electrons. The van der Waals surface area contributed by atoms with E-state index in [1.165, 1.54) is 0 Å². The first-order valence-electron chi connectivity index (χ1n) is 6.92. The highest BCUT2D eigenvalue weighted by Gasteiger charge is 2.30. The third-order valence-corrected chi connectivity index (χ3v) is 3.98. The van der Waals surface area contributed by atoms with E-state index in [-0.39, 0.29) is 30.4 Å². The van der Waals surface area contributed by atoms with E-state index in [1.54, 1.807) is 0 Å². The van der Waals surface area contributed by atoms with E-state index >= 15 is 0 Å². The minimum Gasteiger partial charge on any atom is -0.396 e. The fourth-order valence-corrected chi connectivity index (χ4v) is 2.81. The molecule has 1 amide bonds. The minimum atomic E-state index is -0.304. The molecule has 0 spiro atoms. The molecular weight excluding hydrogens is 240 g/mol. The van der Waals surface area contributed by atoms with Gasteiger partial charge in [-0.25, -0.2) is 0 Å². The van der Waals surface area contributed by atoms with Crippen molar-refractivity contribution in [2.45, 2.75) is 31.2 Å². The molecule has 2 rings (SSSR count). The first kappa shape index (κ1) is 14.0. The van der Waals surface area contributed by atoms with E-state index in [9.17, 15) is 9.90 Å². The van der Waals surface area contributed by atoms with Gasteiger partial charge >= 0.3 is 0 Å². The average Bonchev–Trinajstić information content (AvgIpc) is 2.88. The maximum atomic E-state index is 12.3. The highest BCUT2D eigenvalue weighted by Crippen LogP contribution is 2.26. The average molecular weight is 262 g/mol. The summed E-state index contributed by atoms with van der Waals surface area (Å²) in [7, 11) is 0. The number of nitrogens with two attached hydrogens (primary N) is 1. The van der Waals surface area contributed by atoms with E-state index in [4.69, 9.17) is 5.73 Å². The zero-order chi connectivity index (χ0) is 13.7. The van der Waals surface area contributed by atoms with Gasteiger partial charge in [0, 0.05) is 25.1 Å². The quantitative estimate of drug-likeness (QED) is 0.741. The molecule has 1 aliphatic carbocycles. The molecule has 1 aromatic rings. The van der Waals surface area contributed by atoms with Crippen molar-refractivity contribution >= 4 is 5.91 Å². The molecular formula is C15H22N2O2. The zero-order valence-electron chi connectivity index (χ0n) is 11.1. The van der Waals surface area contributed by atoms with Crippen LogP contribution >= 0.6 is 0 Å². The Morgan fingerprint density at radius 2 is 2.11 bits per heavy atom. The van der Waals surface area contributed by atoms with Crippen LogP contribution in [0.25, 0.3) is 0 Å². The summed E-state index contributed by atoms with van der Waals surface area (Å²) in [5.74, 6) is -0.140. The van der Waals surface area contributed by atoms with E-state index in [0.29, 0.717) is 6.54 Å². The van der Waals surface area contributed by atoms with E-state index in [0.717, 1.165) is 24.8 Å². The Balaban J connectivity index is 2.01. The smallest absolute Gasteiger partial charge is 0.229 e. The van der Waals surface area contributed by atoms with Crippen molar-refractivity contribution in [3.05, 3.63) is 35.9 Å². The molecule has 4 N–H and O–H groups in total. The summed E-state index contributed by atoms with van der Waals surface area (Å²) in [6.07, 6.45) is 3.00. The van der Waals surface area contributed by atoms with Crippen molar-refractivity contribution in [2.24, 2.45) is 11.7 Å². The van der Waals surface area contributed by atoms with Crippen LogP contribution in [0.1, 0.15) is 30.7 Å². The van der Waals surface area contributed by atoms with Gasteiger partial charge in [-0.15, -0.1) is 0 Å². The molecule has 1 saturated carbocycles. The second-order valence-corrected chi connectivity index (χ2v) is 5.19. The number of carbonyl (C=O) groups excluding carboxylic acids is 1. The number of nitrogens with one attached hydrogen (secondary N) is 1. The third-order valence-electron chi connectivity index (χ3n) is 3.98. The van der Waals surface area contributed by atoms with Crippen molar-refractivity contribution in [3.8, 4) is 0 Å². The van der Waals surface area contributed by atoms with Gasteiger partial charge in [0.15, 0.2) is 0 Å². The minimum absolute atomic E-state index is 0.0287. The summed E-state index contributed by atoms with van der Waals surface area (Å²) in [4.78, 5) is 12.3. The number of benzene rings is 1. The second kappa shape index (κ2) is 6.68. The lowest BCUT2D eigenvalue weighted by atomic mass is 9.97. The first-order chi connectivity index (χ1) is 9.26. The maximum Gasteiger partial charge on any atom is 0.229 e. The van der Waals surface area contributed by atoms with Crippen LogP contribution in [0.3, 0.4) is 0 Å². The second-order valence-electron chi connectivity index (χ2n) is 5.19. The van der Waals surface area contributed by atoms with Gasteiger partial charge in [0.25, 0.3) is 0 Å². The van der Waals surface area contributed by atoms with Gasteiger partial charge in [-0.05, 0) is 18.4 Å². The van der Waals surface area contributed by atoms with Gasteiger partial charge < -0.3 is 16.2 Å². The number of amides is 1. The topological polar surface area (TPSA) is 75.4 Å². The van der Waals surface area contributed by atoms with Crippen LogP contribution in [-0.2, 0) is 4.79 Å². The number of aliphatic hydroxyl groups is 1. The fourth-order valence-electron chi connectivity index (χ4n) is 2.81. The van der Waals surface area contributed by atoms with E-state index in [1.807, 2.05) is 30.3 Å². The van der Waals surface area contributed by atoms with Gasteiger partial charge in [0.2, 0.25) is 5.91 Å². The van der Waals surface area contributed by atoms with Crippen molar-refractivity contribution in [1.82, 2.24) is 5.32 Å². The SMILES string of the molecule is NCC(C(=O)NC1CCCC1CO)c1ccccc1. The summed E-state index contributed by atoms with van der Waals surface area (Å²) in [5.41, 5.74) is 6.68. The molecule has 4 nitrogen and oxygen atoms in total. The Labute approximate surface area is 114 Å². The Morgan fingerprint density at radius 1 is 1.37 bits per heavy atom. The highest BCUT2D eigenvalue weighted by atomic mass is 16.3. The van der Waals surface area contributed by atoms with Crippen LogP contribution < -0.4 is 11.1 Å². The lowest BCUT2D eigenvalue weighted by Gasteiger charge is -2.22. The molecule has 3 atom stereocenters. The van der Waals surface area contributed by atoms with Crippen LogP contribution in [0, 0.1) is 5.92 Å². The van der Waals surface area contributed by atoms with Crippen molar-refractivity contribution < 1.29 is 9.90 Å². The summed E-state index contributed by atoms with van der Waals surface area (Å²) in [6, 6.07) is 9.70. The fraction of sp³-hybridized carbons (Fsp3) is 0.533. The molecule has 0 aromatic heterocycles. The van der Waals surface area contributed by atoms with Crippen molar-refractivity contribution in [3.63, 3.8) is 0 Å². The molecule has 0 aliphatic heterocycles. The van der Waals surface area contributed by atoms with Gasteiger partial charge in [0.05, 0.1) is 5.92 Å². The monoisotopic (exact) mass is 262 g/mol. The predicted molar refractivity (Wildman–Crippen MR) is 74.6 cm³/mol. The lowest BCUT2D eigenvalue weighted by Crippen LogP contribution is -2.42. The molecule has 4 heteroatoms. The number of carbonyl (C=O) groups is 1. The Hall–Kier alpha value is -1.39. The number of aliphatic hydroxyl groups excluding tert-OH is 1. The number of rotatable bonds is 5. The number of hydrogen-bond donors (Lipinski definition) is 3. The molecule has 1 fully saturated rings. The molecule has 0 saturated heterocycles.